The molecule has 1 saturated heterocycles. The molecule has 1 fully saturated rings. The molecular formula is C22H24N4. The molecule has 0 atom stereocenters. The predicted molar refractivity (Wildman–Crippen MR) is 108 cm³/mol. The highest BCUT2D eigenvalue weighted by Gasteiger charge is 2.16. The monoisotopic (exact) mass is 344 g/mol. The Labute approximate surface area is 154 Å². The zero-order chi connectivity index (χ0) is 17.9. The molecule has 0 bridgehead atoms. The molecule has 0 saturated carbocycles. The first-order valence-corrected chi connectivity index (χ1v) is 9.23. The van der Waals surface area contributed by atoms with E-state index in [1.54, 1.807) is 0 Å². The van der Waals surface area contributed by atoms with Crippen molar-refractivity contribution in [3.05, 3.63) is 65.7 Å². The number of benzene rings is 2. The summed E-state index contributed by atoms with van der Waals surface area (Å²) in [5, 5.41) is 3.44. The Morgan fingerprint density at radius 3 is 2.42 bits per heavy atom. The van der Waals surface area contributed by atoms with Crippen molar-refractivity contribution in [2.45, 2.75) is 26.7 Å². The average Bonchev–Trinajstić information content (AvgIpc) is 3.20. The molecule has 1 N–H and O–H groups in total. The van der Waals surface area contributed by atoms with Crippen molar-refractivity contribution in [2.75, 3.05) is 23.3 Å². The molecule has 3 aromatic rings. The van der Waals surface area contributed by atoms with Gasteiger partial charge in [0.25, 0.3) is 0 Å². The van der Waals surface area contributed by atoms with Crippen molar-refractivity contribution < 1.29 is 0 Å². The minimum absolute atomic E-state index is 0.655. The van der Waals surface area contributed by atoms with Gasteiger partial charge in [0.2, 0.25) is 5.95 Å². The third-order valence-corrected chi connectivity index (χ3v) is 4.85. The Kier molecular flexibility index (Phi) is 4.57. The second-order valence-electron chi connectivity index (χ2n) is 6.94. The number of aryl methyl sites for hydroxylation is 2. The van der Waals surface area contributed by atoms with E-state index < -0.39 is 0 Å². The van der Waals surface area contributed by atoms with Gasteiger partial charge in [-0.3, -0.25) is 0 Å². The van der Waals surface area contributed by atoms with Crippen LogP contribution in [0.1, 0.15) is 24.0 Å². The van der Waals surface area contributed by atoms with E-state index in [9.17, 15) is 0 Å². The summed E-state index contributed by atoms with van der Waals surface area (Å²) in [6.45, 7) is 6.33. The summed E-state index contributed by atoms with van der Waals surface area (Å²) >= 11 is 0. The maximum Gasteiger partial charge on any atom is 0.229 e. The van der Waals surface area contributed by atoms with E-state index in [4.69, 9.17) is 9.97 Å². The van der Waals surface area contributed by atoms with Crippen LogP contribution < -0.4 is 10.2 Å². The first kappa shape index (κ1) is 16.6. The maximum absolute atomic E-state index is 4.81. The molecule has 4 nitrogen and oxygen atoms in total. The first-order chi connectivity index (χ1) is 12.7. The van der Waals surface area contributed by atoms with Gasteiger partial charge in [-0.15, -0.1) is 0 Å². The SMILES string of the molecule is Cc1ccc(C)c(Nc2nc(-c3ccccc3)cc(N3CCCC3)n2)c1. The van der Waals surface area contributed by atoms with Crippen LogP contribution in [0.25, 0.3) is 11.3 Å². The van der Waals surface area contributed by atoms with E-state index in [-0.39, 0.29) is 0 Å². The van der Waals surface area contributed by atoms with Gasteiger partial charge in [-0.1, -0.05) is 42.5 Å². The molecule has 0 amide bonds. The second-order valence-corrected chi connectivity index (χ2v) is 6.94. The second kappa shape index (κ2) is 7.16. The molecule has 0 radical (unpaired) electrons. The zero-order valence-electron chi connectivity index (χ0n) is 15.4. The molecular weight excluding hydrogens is 320 g/mol. The van der Waals surface area contributed by atoms with Crippen LogP contribution in [0.3, 0.4) is 0 Å². The summed E-state index contributed by atoms with van der Waals surface area (Å²) < 4.78 is 0. The normalized spacial score (nSPS) is 13.8. The summed E-state index contributed by atoms with van der Waals surface area (Å²) in [7, 11) is 0. The third-order valence-electron chi connectivity index (χ3n) is 4.85. The first-order valence-electron chi connectivity index (χ1n) is 9.23. The van der Waals surface area contributed by atoms with E-state index in [1.807, 2.05) is 18.2 Å². The van der Waals surface area contributed by atoms with Crippen LogP contribution in [-0.4, -0.2) is 23.1 Å². The van der Waals surface area contributed by atoms with Crippen molar-refractivity contribution in [1.82, 2.24) is 9.97 Å². The molecule has 4 rings (SSSR count). The minimum atomic E-state index is 0.655. The van der Waals surface area contributed by atoms with Crippen molar-refractivity contribution in [2.24, 2.45) is 0 Å². The van der Waals surface area contributed by atoms with Gasteiger partial charge in [-0.2, -0.15) is 4.98 Å². The molecule has 1 aliphatic rings. The fourth-order valence-electron chi connectivity index (χ4n) is 3.35. The standard InChI is InChI=1S/C22H24N4/c1-16-10-11-17(2)19(14-16)23-22-24-20(18-8-4-3-5-9-18)15-21(25-22)26-12-6-7-13-26/h3-5,8-11,14-15H,6-7,12-13H2,1-2H3,(H,23,24,25). The van der Waals surface area contributed by atoms with Gasteiger partial charge in [0.05, 0.1) is 5.69 Å². The lowest BCUT2D eigenvalue weighted by Crippen LogP contribution is -2.19. The third kappa shape index (κ3) is 3.54. The molecule has 0 spiro atoms. The quantitative estimate of drug-likeness (QED) is 0.714. The Morgan fingerprint density at radius 2 is 1.65 bits per heavy atom. The van der Waals surface area contributed by atoms with Crippen molar-refractivity contribution in [1.29, 1.82) is 0 Å². The van der Waals surface area contributed by atoms with Gasteiger partial charge < -0.3 is 10.2 Å². The molecule has 26 heavy (non-hydrogen) atoms. The van der Waals surface area contributed by atoms with Gasteiger partial charge in [0.15, 0.2) is 0 Å². The van der Waals surface area contributed by atoms with Crippen molar-refractivity contribution >= 4 is 17.5 Å². The van der Waals surface area contributed by atoms with Gasteiger partial charge in [0, 0.05) is 30.4 Å². The minimum Gasteiger partial charge on any atom is -0.356 e. The van der Waals surface area contributed by atoms with Gasteiger partial charge in [-0.25, -0.2) is 4.98 Å². The number of nitrogens with one attached hydrogen (secondary N) is 1. The van der Waals surface area contributed by atoms with Crippen LogP contribution in [0.2, 0.25) is 0 Å². The summed E-state index contributed by atoms with van der Waals surface area (Å²) in [5.41, 5.74) is 5.53. The van der Waals surface area contributed by atoms with Crippen molar-refractivity contribution in [3.63, 3.8) is 0 Å². The van der Waals surface area contributed by atoms with Crippen LogP contribution in [0.5, 0.6) is 0 Å². The molecule has 1 aromatic heterocycles. The average molecular weight is 344 g/mol. The Bertz CT molecular complexity index is 899. The number of aromatic nitrogens is 2. The van der Waals surface area contributed by atoms with Crippen LogP contribution in [0.15, 0.2) is 54.6 Å². The lowest BCUT2D eigenvalue weighted by molar-refractivity contribution is 0.931. The highest BCUT2D eigenvalue weighted by molar-refractivity contribution is 5.67. The number of hydrogen-bond donors (Lipinski definition) is 1. The van der Waals surface area contributed by atoms with Gasteiger partial charge in [0.1, 0.15) is 5.82 Å². The van der Waals surface area contributed by atoms with E-state index >= 15 is 0 Å². The van der Waals surface area contributed by atoms with E-state index in [2.05, 4.69) is 60.5 Å². The molecule has 1 aliphatic heterocycles. The van der Waals surface area contributed by atoms with Crippen LogP contribution in [-0.2, 0) is 0 Å². The fourth-order valence-corrected chi connectivity index (χ4v) is 3.35. The number of nitrogens with zero attached hydrogens (tertiary/aromatic N) is 3. The molecule has 2 heterocycles. The van der Waals surface area contributed by atoms with E-state index in [1.165, 1.54) is 24.0 Å². The van der Waals surface area contributed by atoms with Crippen LogP contribution in [0, 0.1) is 13.8 Å². The predicted octanol–water partition coefficient (Wildman–Crippen LogP) is 5.10. The Balaban J connectivity index is 1.75. The molecule has 0 unspecified atom stereocenters. The van der Waals surface area contributed by atoms with Gasteiger partial charge in [-0.05, 0) is 43.9 Å². The van der Waals surface area contributed by atoms with Crippen LogP contribution >= 0.6 is 0 Å². The largest absolute Gasteiger partial charge is 0.356 e. The van der Waals surface area contributed by atoms with Crippen molar-refractivity contribution in [3.8, 4) is 11.3 Å². The van der Waals surface area contributed by atoms with Gasteiger partial charge >= 0.3 is 0 Å². The summed E-state index contributed by atoms with van der Waals surface area (Å²) in [4.78, 5) is 12.0. The van der Waals surface area contributed by atoms with E-state index in [0.717, 1.165) is 35.9 Å². The topological polar surface area (TPSA) is 41.1 Å². The lowest BCUT2D eigenvalue weighted by Gasteiger charge is -2.19. The smallest absolute Gasteiger partial charge is 0.229 e. The lowest BCUT2D eigenvalue weighted by atomic mass is 10.1. The Morgan fingerprint density at radius 1 is 0.885 bits per heavy atom. The molecule has 2 aromatic carbocycles. The molecule has 0 aliphatic carbocycles. The Hall–Kier alpha value is -2.88. The van der Waals surface area contributed by atoms with Crippen LogP contribution in [0.4, 0.5) is 17.5 Å². The molecule has 4 heteroatoms. The number of anilines is 3. The summed E-state index contributed by atoms with van der Waals surface area (Å²) in [5.74, 6) is 1.66. The number of hydrogen-bond acceptors (Lipinski definition) is 4. The maximum atomic E-state index is 4.81. The number of rotatable bonds is 4. The fraction of sp³-hybridized carbons (Fsp3) is 0.273. The summed E-state index contributed by atoms with van der Waals surface area (Å²) in [6.07, 6.45) is 2.45. The van der Waals surface area contributed by atoms with E-state index in [0.29, 0.717) is 5.95 Å². The highest BCUT2D eigenvalue weighted by Crippen LogP contribution is 2.27. The molecule has 132 valence electrons. The highest BCUT2D eigenvalue weighted by atomic mass is 15.2. The zero-order valence-corrected chi connectivity index (χ0v) is 15.4. The summed E-state index contributed by atoms with van der Waals surface area (Å²) in [6, 6.07) is 18.8.